The van der Waals surface area contributed by atoms with E-state index in [1.165, 1.54) is 64.7 Å². The van der Waals surface area contributed by atoms with Gasteiger partial charge in [0.05, 0.1) is 0 Å². The molecule has 1 saturated carbocycles. The third-order valence-corrected chi connectivity index (χ3v) is 3.81. The minimum absolute atomic E-state index is 0.823. The van der Waals surface area contributed by atoms with Crippen molar-refractivity contribution < 1.29 is 0 Å². The van der Waals surface area contributed by atoms with Crippen molar-refractivity contribution >= 4 is 0 Å². The molecule has 0 bridgehead atoms. The van der Waals surface area contributed by atoms with E-state index in [4.69, 9.17) is 0 Å². The second-order valence-corrected chi connectivity index (χ2v) is 5.32. The lowest BCUT2D eigenvalue weighted by atomic mass is 10.0. The van der Waals surface area contributed by atoms with Crippen LogP contribution >= 0.6 is 0 Å². The molecule has 0 amide bonds. The van der Waals surface area contributed by atoms with Crippen LogP contribution in [0.2, 0.25) is 0 Å². The van der Waals surface area contributed by atoms with Crippen LogP contribution in [-0.4, -0.2) is 37.1 Å². The molecule has 0 aromatic rings. The van der Waals surface area contributed by atoms with Gasteiger partial charge < -0.3 is 10.2 Å². The Kier molecular flexibility index (Phi) is 4.45. The molecule has 1 aliphatic heterocycles. The molecule has 2 aliphatic rings. The summed E-state index contributed by atoms with van der Waals surface area (Å²) in [6.07, 6.45) is 8.40. The number of likely N-dealkylation sites (tertiary alicyclic amines) is 1. The number of rotatable bonds is 6. The van der Waals surface area contributed by atoms with Gasteiger partial charge in [0.25, 0.3) is 0 Å². The van der Waals surface area contributed by atoms with E-state index in [0.29, 0.717) is 0 Å². The number of nitrogens with one attached hydrogen (secondary N) is 1. The van der Waals surface area contributed by atoms with Crippen LogP contribution in [0.25, 0.3) is 0 Å². The molecule has 1 heterocycles. The van der Waals surface area contributed by atoms with E-state index in [-0.39, 0.29) is 0 Å². The average Bonchev–Trinajstić information content (AvgIpc) is 3.09. The predicted octanol–water partition coefficient (Wildman–Crippen LogP) is 2.25. The normalized spacial score (nSPS) is 24.6. The lowest BCUT2D eigenvalue weighted by molar-refractivity contribution is 0.195. The molecule has 0 aromatic carbocycles. The molecule has 2 heteroatoms. The van der Waals surface area contributed by atoms with Gasteiger partial charge in [-0.1, -0.05) is 13.3 Å². The smallest absolute Gasteiger partial charge is 0.00915 e. The van der Waals surface area contributed by atoms with Gasteiger partial charge in [0.15, 0.2) is 0 Å². The largest absolute Gasteiger partial charge is 0.314 e. The first-order chi connectivity index (χ1) is 7.38. The number of nitrogens with zero attached hydrogens (tertiary/aromatic N) is 1. The molecule has 15 heavy (non-hydrogen) atoms. The zero-order valence-corrected chi connectivity index (χ0v) is 10.2. The zero-order chi connectivity index (χ0) is 10.5. The molecular formula is C13H26N2. The van der Waals surface area contributed by atoms with Crippen molar-refractivity contribution in [2.45, 2.75) is 51.5 Å². The molecule has 0 radical (unpaired) electrons. The summed E-state index contributed by atoms with van der Waals surface area (Å²) < 4.78 is 0. The maximum atomic E-state index is 3.73. The fraction of sp³-hybridized carbons (Fsp3) is 1.00. The highest BCUT2D eigenvalue weighted by Gasteiger charge is 2.24. The van der Waals surface area contributed by atoms with Gasteiger partial charge >= 0.3 is 0 Å². The van der Waals surface area contributed by atoms with Crippen molar-refractivity contribution in [3.63, 3.8) is 0 Å². The summed E-state index contributed by atoms with van der Waals surface area (Å²) in [5, 5.41) is 3.73. The molecule has 0 atom stereocenters. The van der Waals surface area contributed by atoms with Gasteiger partial charge in [-0.25, -0.2) is 0 Å². The Hall–Kier alpha value is -0.0800. The highest BCUT2D eigenvalue weighted by Crippen LogP contribution is 2.28. The minimum Gasteiger partial charge on any atom is -0.314 e. The Balaban J connectivity index is 1.54. The van der Waals surface area contributed by atoms with E-state index in [0.717, 1.165) is 12.0 Å². The van der Waals surface area contributed by atoms with Crippen LogP contribution in [-0.2, 0) is 0 Å². The first kappa shape index (κ1) is 11.4. The summed E-state index contributed by atoms with van der Waals surface area (Å²) in [7, 11) is 0. The molecule has 2 fully saturated rings. The monoisotopic (exact) mass is 210 g/mol. The molecule has 1 saturated heterocycles. The molecule has 0 spiro atoms. The SMILES string of the molecule is CCCCN1CCC(NCC2CC2)CC1. The minimum atomic E-state index is 0.823. The molecule has 1 aliphatic carbocycles. The molecule has 2 nitrogen and oxygen atoms in total. The quantitative estimate of drug-likeness (QED) is 0.723. The van der Waals surface area contributed by atoms with Crippen LogP contribution < -0.4 is 5.32 Å². The van der Waals surface area contributed by atoms with E-state index < -0.39 is 0 Å². The highest BCUT2D eigenvalue weighted by molar-refractivity contribution is 4.81. The maximum Gasteiger partial charge on any atom is 0.00915 e. The summed E-state index contributed by atoms with van der Waals surface area (Å²) in [6.45, 7) is 7.54. The number of piperidine rings is 1. The Morgan fingerprint density at radius 3 is 2.47 bits per heavy atom. The van der Waals surface area contributed by atoms with E-state index in [1.807, 2.05) is 0 Å². The third kappa shape index (κ3) is 4.12. The van der Waals surface area contributed by atoms with E-state index >= 15 is 0 Å². The topological polar surface area (TPSA) is 15.3 Å². The van der Waals surface area contributed by atoms with Crippen molar-refractivity contribution in [1.29, 1.82) is 0 Å². The fourth-order valence-electron chi connectivity index (χ4n) is 2.40. The molecule has 88 valence electrons. The fourth-order valence-corrected chi connectivity index (χ4v) is 2.40. The van der Waals surface area contributed by atoms with Gasteiger partial charge in [-0.2, -0.15) is 0 Å². The number of hydrogen-bond acceptors (Lipinski definition) is 2. The summed E-state index contributed by atoms with van der Waals surface area (Å²) in [5.41, 5.74) is 0. The Morgan fingerprint density at radius 1 is 1.13 bits per heavy atom. The predicted molar refractivity (Wildman–Crippen MR) is 65.1 cm³/mol. The summed E-state index contributed by atoms with van der Waals surface area (Å²) in [6, 6.07) is 0.823. The first-order valence-electron chi connectivity index (χ1n) is 6.84. The van der Waals surface area contributed by atoms with Crippen molar-refractivity contribution in [3.8, 4) is 0 Å². The average molecular weight is 210 g/mol. The van der Waals surface area contributed by atoms with Crippen LogP contribution in [0, 0.1) is 5.92 Å². The number of unbranched alkanes of at least 4 members (excludes halogenated alkanes) is 1. The van der Waals surface area contributed by atoms with Gasteiger partial charge in [-0.3, -0.25) is 0 Å². The van der Waals surface area contributed by atoms with Gasteiger partial charge in [0.1, 0.15) is 0 Å². The Labute approximate surface area is 94.4 Å². The lowest BCUT2D eigenvalue weighted by Gasteiger charge is -2.32. The van der Waals surface area contributed by atoms with Crippen LogP contribution in [0.4, 0.5) is 0 Å². The Bertz CT molecular complexity index is 169. The van der Waals surface area contributed by atoms with Crippen molar-refractivity contribution in [1.82, 2.24) is 10.2 Å². The van der Waals surface area contributed by atoms with Gasteiger partial charge in [0, 0.05) is 6.04 Å². The standard InChI is InChI=1S/C13H26N2/c1-2-3-8-15-9-6-13(7-10-15)14-11-12-4-5-12/h12-14H,2-11H2,1H3. The second-order valence-electron chi connectivity index (χ2n) is 5.32. The van der Waals surface area contributed by atoms with Gasteiger partial charge in [0.2, 0.25) is 0 Å². The van der Waals surface area contributed by atoms with Crippen LogP contribution in [0.15, 0.2) is 0 Å². The summed E-state index contributed by atoms with van der Waals surface area (Å²) in [4.78, 5) is 2.64. The summed E-state index contributed by atoms with van der Waals surface area (Å²) in [5.74, 6) is 1.03. The van der Waals surface area contributed by atoms with Crippen molar-refractivity contribution in [3.05, 3.63) is 0 Å². The zero-order valence-electron chi connectivity index (χ0n) is 10.2. The van der Waals surface area contributed by atoms with E-state index in [1.54, 1.807) is 0 Å². The van der Waals surface area contributed by atoms with E-state index in [9.17, 15) is 0 Å². The van der Waals surface area contributed by atoms with Crippen molar-refractivity contribution in [2.75, 3.05) is 26.2 Å². The molecular weight excluding hydrogens is 184 g/mol. The first-order valence-corrected chi connectivity index (χ1v) is 6.84. The van der Waals surface area contributed by atoms with Crippen LogP contribution in [0.5, 0.6) is 0 Å². The Morgan fingerprint density at radius 2 is 1.87 bits per heavy atom. The van der Waals surface area contributed by atoms with Crippen molar-refractivity contribution in [2.24, 2.45) is 5.92 Å². The third-order valence-electron chi connectivity index (χ3n) is 3.81. The highest BCUT2D eigenvalue weighted by atomic mass is 15.1. The van der Waals surface area contributed by atoms with Gasteiger partial charge in [-0.15, -0.1) is 0 Å². The maximum absolute atomic E-state index is 3.73. The van der Waals surface area contributed by atoms with Crippen LogP contribution in [0.1, 0.15) is 45.4 Å². The van der Waals surface area contributed by atoms with Gasteiger partial charge in [-0.05, 0) is 64.2 Å². The van der Waals surface area contributed by atoms with Crippen LogP contribution in [0.3, 0.4) is 0 Å². The molecule has 0 unspecified atom stereocenters. The molecule has 2 rings (SSSR count). The second kappa shape index (κ2) is 5.86. The number of hydrogen-bond donors (Lipinski definition) is 1. The molecule has 0 aromatic heterocycles. The molecule has 1 N–H and O–H groups in total. The van der Waals surface area contributed by atoms with E-state index in [2.05, 4.69) is 17.1 Å². The lowest BCUT2D eigenvalue weighted by Crippen LogP contribution is -2.43. The summed E-state index contributed by atoms with van der Waals surface area (Å²) >= 11 is 0.